The van der Waals surface area contributed by atoms with Gasteiger partial charge in [0.25, 0.3) is 0 Å². The molecule has 0 amide bonds. The molecule has 6 aromatic rings. The zero-order chi connectivity index (χ0) is 28.3. The molecule has 5 nitrogen and oxygen atoms in total. The van der Waals surface area contributed by atoms with Crippen molar-refractivity contribution >= 4 is 50.9 Å². The third kappa shape index (κ3) is 5.12. The Morgan fingerprint density at radius 3 is 2.32 bits per heavy atom. The van der Waals surface area contributed by atoms with Gasteiger partial charge in [0.15, 0.2) is 0 Å². The molecule has 41 heavy (non-hydrogen) atoms. The van der Waals surface area contributed by atoms with Crippen molar-refractivity contribution in [2.45, 2.75) is 13.5 Å². The van der Waals surface area contributed by atoms with Crippen molar-refractivity contribution in [2.24, 2.45) is 0 Å². The molecule has 0 unspecified atom stereocenters. The van der Waals surface area contributed by atoms with Crippen LogP contribution in [0.4, 0.5) is 11.4 Å². The number of esters is 1. The highest BCUT2D eigenvalue weighted by Crippen LogP contribution is 2.43. The summed E-state index contributed by atoms with van der Waals surface area (Å²) in [6.45, 7) is 2.59. The second kappa shape index (κ2) is 11.4. The Morgan fingerprint density at radius 2 is 1.54 bits per heavy atom. The number of nitrogens with zero attached hydrogens (tertiary/aromatic N) is 1. The normalized spacial score (nSPS) is 11.1. The highest BCUT2D eigenvalue weighted by Gasteiger charge is 2.24. The maximum absolute atomic E-state index is 13.4. The summed E-state index contributed by atoms with van der Waals surface area (Å²) in [5, 5.41) is 2.59. The number of fused-ring (bicyclic) bond motifs is 3. The molecule has 0 aliphatic rings. The number of para-hydroxylation sites is 2. The highest BCUT2D eigenvalue weighted by molar-refractivity contribution is 6.33. The summed E-state index contributed by atoms with van der Waals surface area (Å²) in [6, 6.07) is 35.4. The Kier molecular flexibility index (Phi) is 7.36. The standard InChI is InChI=1S/C35H28ClNO4/c1-3-40-35(38)27-10-8-13-31(34(27)24-17-20-33-28(21-24)26-9-4-7-14-32(26)41-33)37(30-12-6-5-11-29(30)36)22-23-15-18-25(39-2)19-16-23/h4-21H,3,22H2,1-2H3. The van der Waals surface area contributed by atoms with Crippen molar-refractivity contribution in [1.29, 1.82) is 0 Å². The molecule has 0 atom stereocenters. The molecular formula is C35H28ClNO4. The number of ether oxygens (including phenoxy) is 2. The van der Waals surface area contributed by atoms with E-state index in [0.717, 1.165) is 55.8 Å². The first-order valence-electron chi connectivity index (χ1n) is 13.4. The number of benzene rings is 5. The molecule has 204 valence electrons. The van der Waals surface area contributed by atoms with Crippen LogP contribution in [0, 0.1) is 0 Å². The zero-order valence-electron chi connectivity index (χ0n) is 22.8. The fraction of sp³-hybridized carbons (Fsp3) is 0.114. The van der Waals surface area contributed by atoms with E-state index in [2.05, 4.69) is 11.0 Å². The predicted octanol–water partition coefficient (Wildman–Crippen LogP) is 9.43. The average molecular weight is 562 g/mol. The van der Waals surface area contributed by atoms with Gasteiger partial charge in [-0.25, -0.2) is 4.79 Å². The van der Waals surface area contributed by atoms with Crippen molar-refractivity contribution in [2.75, 3.05) is 18.6 Å². The first-order valence-corrected chi connectivity index (χ1v) is 13.8. The van der Waals surface area contributed by atoms with E-state index in [0.29, 0.717) is 17.1 Å². The van der Waals surface area contributed by atoms with Gasteiger partial charge in [-0.05, 0) is 72.6 Å². The fourth-order valence-corrected chi connectivity index (χ4v) is 5.45. The summed E-state index contributed by atoms with van der Waals surface area (Å²) in [5.41, 5.74) is 6.40. The summed E-state index contributed by atoms with van der Waals surface area (Å²) in [4.78, 5) is 15.5. The van der Waals surface area contributed by atoms with Gasteiger partial charge in [-0.1, -0.05) is 66.2 Å². The SMILES string of the molecule is CCOC(=O)c1cccc(N(Cc2ccc(OC)cc2)c2ccccc2Cl)c1-c1ccc2oc3ccccc3c2c1. The van der Waals surface area contributed by atoms with Gasteiger partial charge in [0.1, 0.15) is 16.9 Å². The minimum Gasteiger partial charge on any atom is -0.497 e. The molecule has 1 aromatic heterocycles. The van der Waals surface area contributed by atoms with Crippen molar-refractivity contribution in [1.82, 2.24) is 0 Å². The molecule has 0 aliphatic carbocycles. The summed E-state index contributed by atoms with van der Waals surface area (Å²) in [6.07, 6.45) is 0. The van der Waals surface area contributed by atoms with E-state index in [4.69, 9.17) is 25.5 Å². The Bertz CT molecular complexity index is 1860. The van der Waals surface area contributed by atoms with Crippen LogP contribution in [-0.4, -0.2) is 19.7 Å². The van der Waals surface area contributed by atoms with Crippen LogP contribution in [-0.2, 0) is 11.3 Å². The molecule has 1 heterocycles. The Balaban J connectivity index is 1.59. The van der Waals surface area contributed by atoms with Crippen LogP contribution in [0.25, 0.3) is 33.1 Å². The number of methoxy groups -OCH3 is 1. The van der Waals surface area contributed by atoms with Gasteiger partial charge in [0, 0.05) is 22.9 Å². The van der Waals surface area contributed by atoms with Gasteiger partial charge in [0.05, 0.1) is 35.7 Å². The van der Waals surface area contributed by atoms with Gasteiger partial charge in [-0.15, -0.1) is 0 Å². The lowest BCUT2D eigenvalue weighted by Gasteiger charge is -2.29. The number of hydrogen-bond donors (Lipinski definition) is 0. The van der Waals surface area contributed by atoms with Crippen LogP contribution in [0.15, 0.2) is 114 Å². The van der Waals surface area contributed by atoms with Crippen LogP contribution in [0.2, 0.25) is 5.02 Å². The number of carbonyl (C=O) groups is 1. The number of halogens is 1. The van der Waals surface area contributed by atoms with Gasteiger partial charge in [0.2, 0.25) is 0 Å². The first-order chi connectivity index (χ1) is 20.1. The van der Waals surface area contributed by atoms with E-state index in [1.807, 2.05) is 110 Å². The van der Waals surface area contributed by atoms with Gasteiger partial charge in [-0.3, -0.25) is 0 Å². The monoisotopic (exact) mass is 561 g/mol. The fourth-order valence-electron chi connectivity index (χ4n) is 5.21. The van der Waals surface area contributed by atoms with Crippen molar-refractivity contribution in [3.05, 3.63) is 125 Å². The zero-order valence-corrected chi connectivity index (χ0v) is 23.5. The minimum absolute atomic E-state index is 0.272. The van der Waals surface area contributed by atoms with Gasteiger partial charge >= 0.3 is 5.97 Å². The molecule has 0 saturated heterocycles. The highest BCUT2D eigenvalue weighted by atomic mass is 35.5. The number of furan rings is 1. The van der Waals surface area contributed by atoms with Crippen LogP contribution in [0.3, 0.4) is 0 Å². The molecule has 0 radical (unpaired) electrons. The largest absolute Gasteiger partial charge is 0.497 e. The second-order valence-corrected chi connectivity index (χ2v) is 10.0. The van der Waals surface area contributed by atoms with Gasteiger partial charge < -0.3 is 18.8 Å². The number of anilines is 2. The molecular weight excluding hydrogens is 534 g/mol. The molecule has 6 heteroatoms. The van der Waals surface area contributed by atoms with Crippen LogP contribution in [0.5, 0.6) is 5.75 Å². The Hall–Kier alpha value is -4.74. The first kappa shape index (κ1) is 26.5. The van der Waals surface area contributed by atoms with Crippen LogP contribution in [0.1, 0.15) is 22.8 Å². The number of hydrogen-bond acceptors (Lipinski definition) is 5. The van der Waals surface area contributed by atoms with Crippen molar-refractivity contribution in [3.63, 3.8) is 0 Å². The summed E-state index contributed by atoms with van der Waals surface area (Å²) >= 11 is 6.80. The van der Waals surface area contributed by atoms with Crippen molar-refractivity contribution < 1.29 is 18.7 Å². The summed E-state index contributed by atoms with van der Waals surface area (Å²) in [5.74, 6) is 0.397. The molecule has 0 spiro atoms. The third-order valence-corrected chi connectivity index (χ3v) is 7.46. The number of rotatable bonds is 8. The molecule has 0 bridgehead atoms. The molecule has 0 fully saturated rings. The Morgan fingerprint density at radius 1 is 0.805 bits per heavy atom. The van der Waals surface area contributed by atoms with E-state index in [9.17, 15) is 4.79 Å². The molecule has 0 aliphatic heterocycles. The molecule has 6 rings (SSSR count). The third-order valence-electron chi connectivity index (χ3n) is 7.14. The molecule has 0 saturated carbocycles. The average Bonchev–Trinajstić information content (AvgIpc) is 3.38. The quantitative estimate of drug-likeness (QED) is 0.173. The summed E-state index contributed by atoms with van der Waals surface area (Å²) < 4.78 is 17.0. The predicted molar refractivity (Wildman–Crippen MR) is 165 cm³/mol. The van der Waals surface area contributed by atoms with Crippen molar-refractivity contribution in [3.8, 4) is 16.9 Å². The molecule has 0 N–H and O–H groups in total. The van der Waals surface area contributed by atoms with E-state index in [1.165, 1.54) is 0 Å². The van der Waals surface area contributed by atoms with Crippen LogP contribution < -0.4 is 9.64 Å². The lowest BCUT2D eigenvalue weighted by atomic mass is 9.95. The Labute approximate surface area is 243 Å². The molecule has 5 aromatic carbocycles. The van der Waals surface area contributed by atoms with E-state index in [1.54, 1.807) is 7.11 Å². The topological polar surface area (TPSA) is 51.9 Å². The number of carbonyl (C=O) groups excluding carboxylic acids is 1. The smallest absolute Gasteiger partial charge is 0.338 e. The van der Waals surface area contributed by atoms with E-state index >= 15 is 0 Å². The lowest BCUT2D eigenvalue weighted by Crippen LogP contribution is -2.19. The van der Waals surface area contributed by atoms with E-state index in [-0.39, 0.29) is 12.6 Å². The lowest BCUT2D eigenvalue weighted by molar-refractivity contribution is 0.0527. The minimum atomic E-state index is -0.384. The maximum Gasteiger partial charge on any atom is 0.338 e. The summed E-state index contributed by atoms with van der Waals surface area (Å²) in [7, 11) is 1.65. The van der Waals surface area contributed by atoms with Crippen LogP contribution >= 0.6 is 11.6 Å². The maximum atomic E-state index is 13.4. The van der Waals surface area contributed by atoms with E-state index < -0.39 is 0 Å². The second-order valence-electron chi connectivity index (χ2n) is 9.61. The van der Waals surface area contributed by atoms with Gasteiger partial charge in [-0.2, -0.15) is 0 Å².